The Kier molecular flexibility index (Phi) is 3.75. The van der Waals surface area contributed by atoms with E-state index in [9.17, 15) is 5.11 Å². The quantitative estimate of drug-likeness (QED) is 0.887. The summed E-state index contributed by atoms with van der Waals surface area (Å²) in [6.45, 7) is 1.94. The van der Waals surface area contributed by atoms with Crippen molar-refractivity contribution < 1.29 is 9.84 Å². The minimum Gasteiger partial charge on any atom is -0.496 e. The van der Waals surface area contributed by atoms with E-state index in [-0.39, 0.29) is 0 Å². The Morgan fingerprint density at radius 3 is 2.77 bits per heavy atom. The van der Waals surface area contributed by atoms with Crippen molar-refractivity contribution in [1.29, 1.82) is 0 Å². The van der Waals surface area contributed by atoms with Crippen LogP contribution in [0.3, 0.4) is 0 Å². The van der Waals surface area contributed by atoms with E-state index in [4.69, 9.17) is 4.74 Å². The van der Waals surface area contributed by atoms with Crippen LogP contribution in [0.4, 0.5) is 0 Å². The molecule has 0 bridgehead atoms. The summed E-state index contributed by atoms with van der Waals surface area (Å²) >= 11 is 3.40. The van der Waals surface area contributed by atoms with Crippen LogP contribution in [0.2, 0.25) is 0 Å². The van der Waals surface area contributed by atoms with Crippen molar-refractivity contribution in [1.82, 2.24) is 0 Å². The monoisotopic (exact) mass is 244 g/mol. The van der Waals surface area contributed by atoms with Gasteiger partial charge in [0, 0.05) is 0 Å². The second kappa shape index (κ2) is 4.63. The van der Waals surface area contributed by atoms with Crippen LogP contribution in [0.5, 0.6) is 5.75 Å². The number of methoxy groups -OCH3 is 1. The first-order valence-corrected chi connectivity index (χ1v) is 5.00. The van der Waals surface area contributed by atoms with E-state index in [1.54, 1.807) is 7.11 Å². The van der Waals surface area contributed by atoms with Gasteiger partial charge in [0.1, 0.15) is 5.75 Å². The van der Waals surface area contributed by atoms with Gasteiger partial charge >= 0.3 is 0 Å². The average Bonchev–Trinajstić information content (AvgIpc) is 2.17. The third-order valence-electron chi connectivity index (χ3n) is 1.96. The highest BCUT2D eigenvalue weighted by atomic mass is 79.9. The van der Waals surface area contributed by atoms with Crippen molar-refractivity contribution in [3.63, 3.8) is 0 Å². The van der Waals surface area contributed by atoms with E-state index in [1.807, 2.05) is 25.1 Å². The van der Waals surface area contributed by atoms with Crippen LogP contribution in [0.25, 0.3) is 0 Å². The molecule has 0 radical (unpaired) electrons. The lowest BCUT2D eigenvalue weighted by Gasteiger charge is -2.12. The molecule has 1 rings (SSSR count). The Hall–Kier alpha value is -0.540. The predicted molar refractivity (Wildman–Crippen MR) is 55.9 cm³/mol. The molecule has 1 aromatic carbocycles. The summed E-state index contributed by atoms with van der Waals surface area (Å²) in [5.74, 6) is 0.755. The number of aliphatic hydroxyl groups is 1. The van der Waals surface area contributed by atoms with Gasteiger partial charge < -0.3 is 9.84 Å². The summed E-state index contributed by atoms with van der Waals surface area (Å²) in [5, 5.41) is 9.64. The second-order valence-corrected chi connectivity index (χ2v) is 3.58. The third-order valence-corrected chi connectivity index (χ3v) is 2.81. The number of aliphatic hydroxyl groups excluding tert-OH is 1. The Labute approximate surface area is 86.7 Å². The molecule has 1 unspecified atom stereocenters. The molecule has 3 heteroatoms. The fourth-order valence-corrected chi connectivity index (χ4v) is 1.85. The lowest BCUT2D eigenvalue weighted by atomic mass is 10.1. The smallest absolute Gasteiger partial charge is 0.133 e. The minimum atomic E-state index is -0.426. The Bertz CT molecular complexity index is 286. The molecular formula is C10H13BrO2. The summed E-state index contributed by atoms with van der Waals surface area (Å²) in [5.41, 5.74) is 0.877. The maximum atomic E-state index is 9.64. The van der Waals surface area contributed by atoms with Crippen LogP contribution in [0.1, 0.15) is 25.0 Å². The van der Waals surface area contributed by atoms with Gasteiger partial charge in [-0.15, -0.1) is 0 Å². The fraction of sp³-hybridized carbons (Fsp3) is 0.400. The first-order chi connectivity index (χ1) is 6.20. The number of ether oxygens (including phenoxy) is 1. The molecule has 0 saturated heterocycles. The molecule has 0 fully saturated rings. The summed E-state index contributed by atoms with van der Waals surface area (Å²) < 4.78 is 5.96. The summed E-state index contributed by atoms with van der Waals surface area (Å²) in [7, 11) is 1.61. The van der Waals surface area contributed by atoms with E-state index in [1.165, 1.54) is 0 Å². The predicted octanol–water partition coefficient (Wildman–Crippen LogP) is 2.90. The van der Waals surface area contributed by atoms with Gasteiger partial charge in [-0.25, -0.2) is 0 Å². The zero-order valence-corrected chi connectivity index (χ0v) is 9.34. The molecule has 0 spiro atoms. The lowest BCUT2D eigenvalue weighted by Crippen LogP contribution is -1.97. The SMILES string of the molecule is CCC(O)c1cccc(OC)c1Br. The van der Waals surface area contributed by atoms with Crippen LogP contribution in [-0.2, 0) is 0 Å². The number of hydrogen-bond acceptors (Lipinski definition) is 2. The van der Waals surface area contributed by atoms with E-state index in [0.29, 0.717) is 6.42 Å². The first-order valence-electron chi connectivity index (χ1n) is 4.21. The lowest BCUT2D eigenvalue weighted by molar-refractivity contribution is 0.172. The van der Waals surface area contributed by atoms with Crippen molar-refractivity contribution >= 4 is 15.9 Å². The molecule has 0 aliphatic carbocycles. The van der Waals surface area contributed by atoms with Gasteiger partial charge in [0.2, 0.25) is 0 Å². The zero-order chi connectivity index (χ0) is 9.84. The van der Waals surface area contributed by atoms with E-state index in [2.05, 4.69) is 15.9 Å². The van der Waals surface area contributed by atoms with Gasteiger partial charge in [0.05, 0.1) is 17.7 Å². The van der Waals surface area contributed by atoms with Crippen molar-refractivity contribution in [2.75, 3.05) is 7.11 Å². The van der Waals surface area contributed by atoms with Crippen LogP contribution in [-0.4, -0.2) is 12.2 Å². The van der Waals surface area contributed by atoms with E-state index < -0.39 is 6.10 Å². The molecule has 2 nitrogen and oxygen atoms in total. The molecule has 1 aromatic rings. The standard InChI is InChI=1S/C10H13BrO2/c1-3-8(12)7-5-4-6-9(13-2)10(7)11/h4-6,8,12H,3H2,1-2H3. The largest absolute Gasteiger partial charge is 0.496 e. The molecule has 0 aliphatic rings. The Balaban J connectivity index is 3.08. The van der Waals surface area contributed by atoms with Crippen LogP contribution >= 0.6 is 15.9 Å². The van der Waals surface area contributed by atoms with Crippen LogP contribution < -0.4 is 4.74 Å². The highest BCUT2D eigenvalue weighted by Crippen LogP contribution is 2.32. The van der Waals surface area contributed by atoms with Crippen molar-refractivity contribution in [2.45, 2.75) is 19.4 Å². The average molecular weight is 245 g/mol. The number of hydrogen-bond donors (Lipinski definition) is 1. The summed E-state index contributed by atoms with van der Waals surface area (Å²) in [6, 6.07) is 5.62. The van der Waals surface area contributed by atoms with Gasteiger partial charge in [-0.05, 0) is 34.0 Å². The van der Waals surface area contributed by atoms with Gasteiger partial charge in [-0.2, -0.15) is 0 Å². The van der Waals surface area contributed by atoms with E-state index >= 15 is 0 Å². The topological polar surface area (TPSA) is 29.5 Å². The van der Waals surface area contributed by atoms with Gasteiger partial charge in [0.25, 0.3) is 0 Å². The second-order valence-electron chi connectivity index (χ2n) is 2.79. The van der Waals surface area contributed by atoms with Gasteiger partial charge in [-0.3, -0.25) is 0 Å². The van der Waals surface area contributed by atoms with Crippen LogP contribution in [0.15, 0.2) is 22.7 Å². The summed E-state index contributed by atoms with van der Waals surface area (Å²) in [6.07, 6.45) is 0.274. The Morgan fingerprint density at radius 1 is 1.54 bits per heavy atom. The number of rotatable bonds is 3. The van der Waals surface area contributed by atoms with Crippen molar-refractivity contribution in [3.8, 4) is 5.75 Å². The maximum Gasteiger partial charge on any atom is 0.133 e. The molecule has 0 aromatic heterocycles. The van der Waals surface area contributed by atoms with E-state index in [0.717, 1.165) is 15.8 Å². The van der Waals surface area contributed by atoms with Crippen molar-refractivity contribution in [3.05, 3.63) is 28.2 Å². The Morgan fingerprint density at radius 2 is 2.23 bits per heavy atom. The minimum absolute atomic E-state index is 0.426. The third kappa shape index (κ3) is 2.23. The molecule has 1 atom stereocenters. The zero-order valence-electron chi connectivity index (χ0n) is 7.75. The van der Waals surface area contributed by atoms with Crippen molar-refractivity contribution in [2.24, 2.45) is 0 Å². The molecule has 0 heterocycles. The van der Waals surface area contributed by atoms with Crippen LogP contribution in [0, 0.1) is 0 Å². The highest BCUT2D eigenvalue weighted by molar-refractivity contribution is 9.10. The normalized spacial score (nSPS) is 12.6. The molecule has 0 amide bonds. The fourth-order valence-electron chi connectivity index (χ4n) is 1.16. The molecular weight excluding hydrogens is 232 g/mol. The number of halogens is 1. The molecule has 72 valence electrons. The maximum absolute atomic E-state index is 9.64. The molecule has 0 saturated carbocycles. The molecule has 13 heavy (non-hydrogen) atoms. The molecule has 1 N–H and O–H groups in total. The van der Waals surface area contributed by atoms with Gasteiger partial charge in [-0.1, -0.05) is 19.1 Å². The highest BCUT2D eigenvalue weighted by Gasteiger charge is 2.11. The van der Waals surface area contributed by atoms with Gasteiger partial charge in [0.15, 0.2) is 0 Å². The number of benzene rings is 1. The summed E-state index contributed by atoms with van der Waals surface area (Å²) in [4.78, 5) is 0. The first kappa shape index (κ1) is 10.5. The molecule has 0 aliphatic heterocycles.